The maximum atomic E-state index is 12.6. The minimum Gasteiger partial charge on any atom is -0.341 e. The summed E-state index contributed by atoms with van der Waals surface area (Å²) in [6.45, 7) is 1.97. The third-order valence-corrected chi connectivity index (χ3v) is 5.29. The van der Waals surface area contributed by atoms with E-state index in [0.29, 0.717) is 12.1 Å². The minimum atomic E-state index is -0.261. The van der Waals surface area contributed by atoms with Gasteiger partial charge in [-0.25, -0.2) is 15.0 Å². The van der Waals surface area contributed by atoms with Crippen molar-refractivity contribution in [2.45, 2.75) is 23.6 Å². The molecule has 6 nitrogen and oxygen atoms in total. The lowest BCUT2D eigenvalue weighted by atomic mass is 10.3. The number of amides is 1. The van der Waals surface area contributed by atoms with Gasteiger partial charge in [-0.2, -0.15) is 0 Å². The molecule has 0 spiro atoms. The number of halogens is 1. The molecule has 2 heterocycles. The van der Waals surface area contributed by atoms with Crippen molar-refractivity contribution < 1.29 is 4.79 Å². The number of anilines is 1. The number of hydrogen-bond acceptors (Lipinski definition) is 5. The summed E-state index contributed by atoms with van der Waals surface area (Å²) in [5.41, 5.74) is 2.11. The quantitative estimate of drug-likeness (QED) is 0.512. The van der Waals surface area contributed by atoms with Crippen molar-refractivity contribution in [2.75, 3.05) is 5.32 Å². The van der Waals surface area contributed by atoms with E-state index in [1.54, 1.807) is 6.33 Å². The highest BCUT2D eigenvalue weighted by Gasteiger charge is 2.21. The number of hydrogen-bond donors (Lipinski definition) is 2. The highest BCUT2D eigenvalue weighted by Crippen LogP contribution is 2.29. The number of fused-ring (bicyclic) bond motifs is 1. The van der Waals surface area contributed by atoms with E-state index in [1.807, 2.05) is 31.2 Å². The first-order chi connectivity index (χ1) is 11.2. The first-order valence-electron chi connectivity index (χ1n) is 7.05. The minimum absolute atomic E-state index is 0.0596. The molecule has 8 heteroatoms. The summed E-state index contributed by atoms with van der Waals surface area (Å²) in [5.74, 6) is -0.0596. The molecule has 3 aromatic rings. The second-order valence-electron chi connectivity index (χ2n) is 4.76. The number of aromatic amines is 1. The van der Waals surface area contributed by atoms with Crippen LogP contribution in [0.5, 0.6) is 0 Å². The lowest BCUT2D eigenvalue weighted by Crippen LogP contribution is -2.24. The molecule has 1 unspecified atom stereocenters. The van der Waals surface area contributed by atoms with E-state index in [-0.39, 0.29) is 11.2 Å². The number of nitrogens with zero attached hydrogens (tertiary/aromatic N) is 3. The molecule has 0 fully saturated rings. The average molecular weight is 392 g/mol. The number of carbonyl (C=O) groups excluding carboxylic acids is 1. The van der Waals surface area contributed by atoms with Gasteiger partial charge in [0.15, 0.2) is 5.65 Å². The van der Waals surface area contributed by atoms with E-state index in [0.717, 1.165) is 20.7 Å². The molecule has 0 aliphatic rings. The van der Waals surface area contributed by atoms with Crippen LogP contribution in [0.3, 0.4) is 0 Å². The SMILES string of the molecule is CCC(Sc1ncnc2nc[nH]c12)C(=O)Nc1ccccc1Br. The van der Waals surface area contributed by atoms with Gasteiger partial charge in [0.1, 0.15) is 16.9 Å². The number of benzene rings is 1. The molecule has 2 N–H and O–H groups in total. The van der Waals surface area contributed by atoms with Crippen LogP contribution in [0.25, 0.3) is 11.2 Å². The summed E-state index contributed by atoms with van der Waals surface area (Å²) >= 11 is 4.84. The molecule has 3 rings (SSSR count). The van der Waals surface area contributed by atoms with Crippen LogP contribution in [0, 0.1) is 0 Å². The van der Waals surface area contributed by atoms with Gasteiger partial charge < -0.3 is 10.3 Å². The van der Waals surface area contributed by atoms with E-state index < -0.39 is 0 Å². The molecule has 1 aromatic carbocycles. The molecule has 0 aliphatic heterocycles. The molecular weight excluding hydrogens is 378 g/mol. The molecule has 23 heavy (non-hydrogen) atoms. The van der Waals surface area contributed by atoms with Crippen molar-refractivity contribution in [2.24, 2.45) is 0 Å². The Morgan fingerprint density at radius 3 is 2.96 bits per heavy atom. The maximum Gasteiger partial charge on any atom is 0.237 e. The molecule has 118 valence electrons. The predicted molar refractivity (Wildman–Crippen MR) is 94.4 cm³/mol. The molecular formula is C15H14BrN5OS. The number of H-pyrrole nitrogens is 1. The number of aromatic nitrogens is 4. The lowest BCUT2D eigenvalue weighted by molar-refractivity contribution is -0.115. The Balaban J connectivity index is 1.78. The summed E-state index contributed by atoms with van der Waals surface area (Å²) in [6, 6.07) is 7.54. The van der Waals surface area contributed by atoms with Crippen molar-refractivity contribution in [3.63, 3.8) is 0 Å². The third kappa shape index (κ3) is 3.53. The lowest BCUT2D eigenvalue weighted by Gasteiger charge is -2.15. The number of nitrogens with one attached hydrogen (secondary N) is 2. The van der Waals surface area contributed by atoms with Crippen LogP contribution < -0.4 is 5.32 Å². The largest absolute Gasteiger partial charge is 0.341 e. The number of carbonyl (C=O) groups is 1. The summed E-state index contributed by atoms with van der Waals surface area (Å²) in [7, 11) is 0. The van der Waals surface area contributed by atoms with Gasteiger partial charge >= 0.3 is 0 Å². The zero-order valence-corrected chi connectivity index (χ0v) is 14.7. The highest BCUT2D eigenvalue weighted by molar-refractivity contribution is 9.10. The van der Waals surface area contributed by atoms with Crippen molar-refractivity contribution in [3.8, 4) is 0 Å². The summed E-state index contributed by atoms with van der Waals surface area (Å²) in [4.78, 5) is 28.0. The van der Waals surface area contributed by atoms with E-state index in [4.69, 9.17) is 0 Å². The first-order valence-corrected chi connectivity index (χ1v) is 8.72. The second kappa shape index (κ2) is 7.10. The summed E-state index contributed by atoms with van der Waals surface area (Å²) in [5, 5.41) is 3.41. The Kier molecular flexibility index (Phi) is 4.92. The smallest absolute Gasteiger partial charge is 0.237 e. The Morgan fingerprint density at radius 1 is 1.35 bits per heavy atom. The van der Waals surface area contributed by atoms with Crippen LogP contribution >= 0.6 is 27.7 Å². The van der Waals surface area contributed by atoms with Crippen LogP contribution in [-0.2, 0) is 4.79 Å². The Morgan fingerprint density at radius 2 is 2.17 bits per heavy atom. The molecule has 0 aliphatic carbocycles. The zero-order chi connectivity index (χ0) is 16.2. The number of rotatable bonds is 5. The van der Waals surface area contributed by atoms with Crippen LogP contribution in [0.2, 0.25) is 0 Å². The fraction of sp³-hybridized carbons (Fsp3) is 0.200. The van der Waals surface area contributed by atoms with Crippen LogP contribution in [0.1, 0.15) is 13.3 Å². The molecule has 1 amide bonds. The third-order valence-electron chi connectivity index (χ3n) is 3.24. The van der Waals surface area contributed by atoms with Gasteiger partial charge in [0.25, 0.3) is 0 Å². The number of para-hydroxylation sites is 1. The molecule has 0 saturated heterocycles. The molecule has 2 aromatic heterocycles. The zero-order valence-electron chi connectivity index (χ0n) is 12.3. The number of imidazole rings is 1. The Labute approximate surface area is 145 Å². The van der Waals surface area contributed by atoms with Crippen LogP contribution in [0.15, 0.2) is 46.4 Å². The van der Waals surface area contributed by atoms with Gasteiger partial charge in [0, 0.05) is 4.47 Å². The second-order valence-corrected chi connectivity index (χ2v) is 6.81. The van der Waals surface area contributed by atoms with Crippen LogP contribution in [0.4, 0.5) is 5.69 Å². The Bertz CT molecular complexity index is 837. The summed E-state index contributed by atoms with van der Waals surface area (Å²) in [6.07, 6.45) is 3.72. The highest BCUT2D eigenvalue weighted by atomic mass is 79.9. The normalized spacial score (nSPS) is 12.3. The van der Waals surface area contributed by atoms with Gasteiger partial charge in [-0.15, -0.1) is 0 Å². The van der Waals surface area contributed by atoms with Gasteiger partial charge in [-0.05, 0) is 34.5 Å². The van der Waals surface area contributed by atoms with Gasteiger partial charge in [-0.3, -0.25) is 4.79 Å². The topological polar surface area (TPSA) is 83.6 Å². The average Bonchev–Trinajstić information content (AvgIpc) is 3.04. The van der Waals surface area contributed by atoms with Gasteiger partial charge in [0.05, 0.1) is 17.3 Å². The predicted octanol–water partition coefficient (Wildman–Crippen LogP) is 3.62. The van der Waals surface area contributed by atoms with Crippen molar-refractivity contribution in [3.05, 3.63) is 41.4 Å². The van der Waals surface area contributed by atoms with Crippen molar-refractivity contribution in [1.82, 2.24) is 19.9 Å². The van der Waals surface area contributed by atoms with E-state index in [2.05, 4.69) is 41.2 Å². The van der Waals surface area contributed by atoms with E-state index in [1.165, 1.54) is 18.1 Å². The van der Waals surface area contributed by atoms with Gasteiger partial charge in [0.2, 0.25) is 5.91 Å². The maximum absolute atomic E-state index is 12.6. The monoisotopic (exact) mass is 391 g/mol. The summed E-state index contributed by atoms with van der Waals surface area (Å²) < 4.78 is 0.853. The van der Waals surface area contributed by atoms with E-state index in [9.17, 15) is 4.79 Å². The molecule has 0 radical (unpaired) electrons. The fourth-order valence-electron chi connectivity index (χ4n) is 2.07. The fourth-order valence-corrected chi connectivity index (χ4v) is 3.43. The molecule has 0 saturated carbocycles. The standard InChI is InChI=1S/C15H14BrN5OS/c1-2-11(14(22)21-10-6-4-3-5-9(10)16)23-15-12-13(18-7-17-12)19-8-20-15/h3-8,11H,2H2,1H3,(H,21,22)(H,17,18,19,20). The number of thioether (sulfide) groups is 1. The molecule has 0 bridgehead atoms. The van der Waals surface area contributed by atoms with Crippen LogP contribution in [-0.4, -0.2) is 31.1 Å². The van der Waals surface area contributed by atoms with Gasteiger partial charge in [-0.1, -0.05) is 30.8 Å². The Hall–Kier alpha value is -1.93. The first kappa shape index (κ1) is 15.9. The molecule has 1 atom stereocenters. The van der Waals surface area contributed by atoms with Crippen molar-refractivity contribution >= 4 is 50.5 Å². The van der Waals surface area contributed by atoms with E-state index >= 15 is 0 Å². The van der Waals surface area contributed by atoms with Crippen molar-refractivity contribution in [1.29, 1.82) is 0 Å².